The van der Waals surface area contributed by atoms with Crippen LogP contribution in [-0.4, -0.2) is 15.2 Å². The smallest absolute Gasteiger partial charge is 0.129 e. The van der Waals surface area contributed by atoms with Gasteiger partial charge in [0.2, 0.25) is 0 Å². The van der Waals surface area contributed by atoms with Gasteiger partial charge in [0, 0.05) is 61.9 Å². The predicted octanol–water partition coefficient (Wildman–Crippen LogP) is 15.1. The van der Waals surface area contributed by atoms with E-state index < -0.39 is 0 Å². The van der Waals surface area contributed by atoms with Gasteiger partial charge >= 0.3 is 0 Å². The summed E-state index contributed by atoms with van der Waals surface area (Å²) in [6.07, 6.45) is 3.17. The monoisotopic (exact) mass is 795 g/mol. The minimum absolute atomic E-state index is 0.0148. The Morgan fingerprint density at radius 2 is 0.984 bits per heavy atom. The number of para-hydroxylation sites is 4. The maximum Gasteiger partial charge on any atom is 0.129 e. The van der Waals surface area contributed by atoms with E-state index >= 15 is 0 Å². The third-order valence-corrected chi connectivity index (χ3v) is 13.6. The Bertz CT molecular complexity index is 3600. The highest BCUT2D eigenvalue weighted by Gasteiger charge is 2.37. The number of nitrogens with zero attached hydrogens (tertiary/aromatic N) is 3. The molecule has 294 valence electrons. The van der Waals surface area contributed by atoms with Gasteiger partial charge in [-0.2, -0.15) is 0 Å². The van der Waals surface area contributed by atoms with Crippen LogP contribution in [0.1, 0.15) is 25.8 Å². The van der Waals surface area contributed by atoms with Crippen molar-refractivity contribution in [1.82, 2.24) is 9.13 Å². The second kappa shape index (κ2) is 13.3. The molecular weight excluding hydrogens is 755 g/mol. The number of fused-ring (bicyclic) bond motifs is 11. The van der Waals surface area contributed by atoms with Gasteiger partial charge in [-0.05, 0) is 132 Å². The normalized spacial score (nSPS) is 15.7. The zero-order valence-electron chi connectivity index (χ0n) is 34.5. The first-order valence-corrected chi connectivity index (χ1v) is 21.6. The number of aromatic nitrogens is 2. The lowest BCUT2D eigenvalue weighted by Gasteiger charge is -2.33. The van der Waals surface area contributed by atoms with Gasteiger partial charge in [-0.3, -0.25) is 0 Å². The predicted molar refractivity (Wildman–Crippen MR) is 257 cm³/mol. The molecule has 0 fully saturated rings. The number of hydrogen-bond acceptors (Lipinski definition) is 2. The third-order valence-electron chi connectivity index (χ3n) is 13.6. The highest BCUT2D eigenvalue weighted by atomic mass is 16.5. The molecule has 0 amide bonds. The van der Waals surface area contributed by atoms with Crippen LogP contribution in [0, 0.1) is 0 Å². The van der Waals surface area contributed by atoms with Crippen LogP contribution in [-0.2, 0) is 4.74 Å². The first-order chi connectivity index (χ1) is 30.6. The van der Waals surface area contributed by atoms with Crippen molar-refractivity contribution in [3.63, 3.8) is 0 Å². The molecule has 8 aromatic carbocycles. The van der Waals surface area contributed by atoms with Gasteiger partial charge < -0.3 is 18.8 Å². The van der Waals surface area contributed by atoms with Crippen LogP contribution in [0.5, 0.6) is 0 Å². The fourth-order valence-electron chi connectivity index (χ4n) is 10.6. The van der Waals surface area contributed by atoms with E-state index in [0.29, 0.717) is 0 Å². The van der Waals surface area contributed by atoms with Crippen LogP contribution in [0.25, 0.3) is 82.8 Å². The molecule has 0 bridgehead atoms. The summed E-state index contributed by atoms with van der Waals surface area (Å²) < 4.78 is 11.4. The van der Waals surface area contributed by atoms with Gasteiger partial charge in [-0.1, -0.05) is 109 Å². The number of benzene rings is 8. The summed E-state index contributed by atoms with van der Waals surface area (Å²) in [6, 6.07) is 69.1. The molecule has 0 saturated heterocycles. The van der Waals surface area contributed by atoms with Crippen LogP contribution >= 0.6 is 0 Å². The Morgan fingerprint density at radius 1 is 0.452 bits per heavy atom. The number of rotatable bonds is 4. The maximum absolute atomic E-state index is 6.58. The Balaban J connectivity index is 1.04. The van der Waals surface area contributed by atoms with E-state index in [2.05, 4.69) is 222 Å². The van der Waals surface area contributed by atoms with Crippen molar-refractivity contribution in [2.24, 2.45) is 0 Å². The van der Waals surface area contributed by atoms with Crippen molar-refractivity contribution in [1.29, 1.82) is 0 Å². The third kappa shape index (κ3) is 5.07. The molecule has 2 aliphatic heterocycles. The van der Waals surface area contributed by atoms with Crippen molar-refractivity contribution in [2.75, 3.05) is 4.90 Å². The Kier molecular flexibility index (Phi) is 7.53. The molecular formula is C58H41N3O. The van der Waals surface area contributed by atoms with Crippen LogP contribution in [0.3, 0.4) is 0 Å². The van der Waals surface area contributed by atoms with E-state index in [0.717, 1.165) is 23.6 Å². The maximum atomic E-state index is 6.58. The molecule has 1 atom stereocenters. The quantitative estimate of drug-likeness (QED) is 0.177. The zero-order chi connectivity index (χ0) is 41.1. The molecule has 0 spiro atoms. The number of anilines is 2. The van der Waals surface area contributed by atoms with Gasteiger partial charge in [0.25, 0.3) is 0 Å². The lowest BCUT2D eigenvalue weighted by atomic mass is 9.86. The van der Waals surface area contributed by atoms with E-state index in [9.17, 15) is 0 Å². The standard InChI is InChI=1S/C58H41N3O/c1-36-37(2)62-58-35-57-51(34-47(36)58)44-20-10-9-19-43(44)45-21-11-13-23-52(45)61(57)42-27-30-56-50(33-42)49-32-39(26-29-55(49)60(56)41-17-7-4-8-18-41)38-25-28-54-48(31-38)46-22-12-14-24-53(46)59(54)40-15-5-3-6-16-40/h3-34,58H,35H2,1-2H3. The van der Waals surface area contributed by atoms with Gasteiger partial charge in [-0.15, -0.1) is 0 Å². The van der Waals surface area contributed by atoms with Gasteiger partial charge in [0.15, 0.2) is 0 Å². The van der Waals surface area contributed by atoms with Crippen LogP contribution in [0.2, 0.25) is 0 Å². The van der Waals surface area contributed by atoms with Gasteiger partial charge in [-0.25, -0.2) is 0 Å². The molecule has 1 aliphatic carbocycles. The van der Waals surface area contributed by atoms with E-state index in [1.807, 2.05) is 0 Å². The second-order valence-electron chi connectivity index (χ2n) is 16.9. The molecule has 10 aromatic rings. The summed E-state index contributed by atoms with van der Waals surface area (Å²) in [6.45, 7) is 4.31. The molecule has 0 saturated carbocycles. The largest absolute Gasteiger partial charge is 0.490 e. The van der Waals surface area contributed by atoms with Crippen molar-refractivity contribution >= 4 is 60.6 Å². The van der Waals surface area contributed by atoms with Crippen molar-refractivity contribution in [2.45, 2.75) is 26.4 Å². The molecule has 4 heteroatoms. The summed E-state index contributed by atoms with van der Waals surface area (Å²) in [5.74, 6) is 1.02. The molecule has 2 aromatic heterocycles. The summed E-state index contributed by atoms with van der Waals surface area (Å²) in [5, 5.41) is 4.93. The molecule has 62 heavy (non-hydrogen) atoms. The highest BCUT2D eigenvalue weighted by Crippen LogP contribution is 2.52. The Labute approximate surface area is 360 Å². The molecule has 3 aliphatic rings. The summed E-state index contributed by atoms with van der Waals surface area (Å²) >= 11 is 0. The summed E-state index contributed by atoms with van der Waals surface area (Å²) in [7, 11) is 0. The van der Waals surface area contributed by atoms with Crippen molar-refractivity contribution in [3.8, 4) is 33.6 Å². The molecule has 1 unspecified atom stereocenters. The molecule has 0 radical (unpaired) electrons. The van der Waals surface area contributed by atoms with Crippen LogP contribution in [0.15, 0.2) is 217 Å². The molecule has 0 N–H and O–H groups in total. The summed E-state index contributed by atoms with van der Waals surface area (Å²) in [5.41, 5.74) is 20.6. The van der Waals surface area contributed by atoms with Crippen molar-refractivity contribution in [3.05, 3.63) is 222 Å². The van der Waals surface area contributed by atoms with Crippen LogP contribution < -0.4 is 4.90 Å². The van der Waals surface area contributed by atoms with E-state index in [4.69, 9.17) is 4.74 Å². The molecule has 13 rings (SSSR count). The lowest BCUT2D eigenvalue weighted by Crippen LogP contribution is -2.25. The minimum atomic E-state index is -0.0148. The summed E-state index contributed by atoms with van der Waals surface area (Å²) in [4.78, 5) is 2.52. The Morgan fingerprint density at radius 3 is 1.68 bits per heavy atom. The van der Waals surface area contributed by atoms with Crippen molar-refractivity contribution < 1.29 is 4.74 Å². The minimum Gasteiger partial charge on any atom is -0.490 e. The number of allylic oxidation sites excluding steroid dienone is 3. The fourth-order valence-corrected chi connectivity index (χ4v) is 10.6. The molecule has 4 nitrogen and oxygen atoms in total. The SMILES string of the molecule is CC1=C(C)C2=CC3=C(CC2O1)N(c1ccc2c(c1)c1cc(-c4ccc5c(c4)c4ccccc4n5-c4ccccc4)ccc1n2-c1ccccc1)c1ccccc1-c1ccccc13. The number of hydrogen-bond donors (Lipinski definition) is 0. The van der Waals surface area contributed by atoms with Gasteiger partial charge in [0.1, 0.15) is 6.10 Å². The lowest BCUT2D eigenvalue weighted by molar-refractivity contribution is 0.167. The van der Waals surface area contributed by atoms with E-state index in [1.54, 1.807) is 0 Å². The highest BCUT2D eigenvalue weighted by molar-refractivity contribution is 6.14. The van der Waals surface area contributed by atoms with Gasteiger partial charge in [0.05, 0.1) is 33.5 Å². The second-order valence-corrected chi connectivity index (χ2v) is 16.9. The van der Waals surface area contributed by atoms with Crippen LogP contribution in [0.4, 0.5) is 11.4 Å². The topological polar surface area (TPSA) is 22.3 Å². The van der Waals surface area contributed by atoms with E-state index in [1.165, 1.54) is 105 Å². The zero-order valence-corrected chi connectivity index (χ0v) is 34.5. The first kappa shape index (κ1) is 35.0. The fraction of sp³-hybridized carbons (Fsp3) is 0.0690. The van der Waals surface area contributed by atoms with E-state index in [-0.39, 0.29) is 6.10 Å². The average molecular weight is 796 g/mol. The number of ether oxygens (including phenoxy) is 1. The average Bonchev–Trinajstić information content (AvgIpc) is 3.91. The molecule has 4 heterocycles. The Hall–Kier alpha value is -7.82. The first-order valence-electron chi connectivity index (χ1n) is 21.6.